The minimum atomic E-state index is -0.399. The van der Waals surface area contributed by atoms with Gasteiger partial charge in [0.2, 0.25) is 0 Å². The fourth-order valence-corrected chi connectivity index (χ4v) is 3.48. The third kappa shape index (κ3) is 4.30. The van der Waals surface area contributed by atoms with Gasteiger partial charge in [0, 0.05) is 6.20 Å². The normalized spacial score (nSPS) is 11.0. The first-order chi connectivity index (χ1) is 14.5. The van der Waals surface area contributed by atoms with E-state index < -0.39 is 5.91 Å². The Bertz CT molecular complexity index is 1200. The Kier molecular flexibility index (Phi) is 5.97. The van der Waals surface area contributed by atoms with Crippen LogP contribution in [0.5, 0.6) is 0 Å². The zero-order chi connectivity index (χ0) is 21.1. The molecular weight excluding hydrogens is 421 g/mol. The van der Waals surface area contributed by atoms with Crippen LogP contribution in [0, 0.1) is 0 Å². The molecule has 2 aromatic carbocycles. The van der Waals surface area contributed by atoms with Crippen molar-refractivity contribution in [2.45, 2.75) is 26.2 Å². The van der Waals surface area contributed by atoms with Crippen molar-refractivity contribution in [2.24, 2.45) is 0 Å². The summed E-state index contributed by atoms with van der Waals surface area (Å²) in [6.07, 6.45) is 4.92. The summed E-state index contributed by atoms with van der Waals surface area (Å²) in [7, 11) is 0. The van der Waals surface area contributed by atoms with Crippen LogP contribution in [0.3, 0.4) is 0 Å². The second-order valence-corrected chi connectivity index (χ2v) is 7.64. The lowest BCUT2D eigenvalue weighted by atomic mass is 10.1. The second kappa shape index (κ2) is 8.81. The number of rotatable bonds is 6. The van der Waals surface area contributed by atoms with Crippen molar-refractivity contribution in [1.29, 1.82) is 0 Å². The molecule has 0 saturated heterocycles. The van der Waals surface area contributed by atoms with Crippen LogP contribution in [0.25, 0.3) is 16.7 Å². The van der Waals surface area contributed by atoms with Gasteiger partial charge in [0.15, 0.2) is 0 Å². The summed E-state index contributed by atoms with van der Waals surface area (Å²) in [5, 5.41) is 12.3. The van der Waals surface area contributed by atoms with E-state index in [4.69, 9.17) is 23.2 Å². The topological polar surface area (TPSA) is 72.7 Å². The number of aromatic nitrogens is 4. The van der Waals surface area contributed by atoms with Crippen LogP contribution >= 0.6 is 23.2 Å². The molecule has 152 valence electrons. The van der Waals surface area contributed by atoms with E-state index in [-0.39, 0.29) is 10.7 Å². The van der Waals surface area contributed by atoms with Crippen LogP contribution in [0.1, 0.15) is 35.7 Å². The molecule has 4 aromatic rings. The van der Waals surface area contributed by atoms with Gasteiger partial charge in [-0.05, 0) is 54.8 Å². The molecule has 0 atom stereocenters. The van der Waals surface area contributed by atoms with E-state index in [0.717, 1.165) is 12.1 Å². The fraction of sp³-hybridized carbons (Fsp3) is 0.182. The molecule has 8 heteroatoms. The van der Waals surface area contributed by atoms with Gasteiger partial charge in [-0.3, -0.25) is 4.79 Å². The summed E-state index contributed by atoms with van der Waals surface area (Å²) in [6, 6.07) is 14.8. The minimum absolute atomic E-state index is 0.125. The Balaban J connectivity index is 1.60. The number of fused-ring (bicyclic) bond motifs is 1. The Morgan fingerprint density at radius 3 is 2.50 bits per heavy atom. The maximum Gasteiger partial charge on any atom is 0.258 e. The van der Waals surface area contributed by atoms with Gasteiger partial charge < -0.3 is 5.32 Å². The summed E-state index contributed by atoms with van der Waals surface area (Å²) in [4.78, 5) is 18.0. The number of benzene rings is 2. The van der Waals surface area contributed by atoms with Crippen LogP contribution in [0.15, 0.2) is 54.7 Å². The molecule has 0 radical (unpaired) electrons. The number of carbonyl (C=O) groups excluding carboxylic acids is 1. The summed E-state index contributed by atoms with van der Waals surface area (Å²) >= 11 is 12.4. The molecule has 0 spiro atoms. The number of hydrogen-bond donors (Lipinski definition) is 1. The van der Waals surface area contributed by atoms with Crippen LogP contribution < -0.4 is 5.32 Å². The number of amides is 1. The van der Waals surface area contributed by atoms with Crippen molar-refractivity contribution >= 4 is 45.8 Å². The summed E-state index contributed by atoms with van der Waals surface area (Å²) in [5.41, 5.74) is 4.09. The lowest BCUT2D eigenvalue weighted by Crippen LogP contribution is -2.13. The molecule has 6 nitrogen and oxygen atoms in total. The molecule has 0 unspecified atom stereocenters. The molecule has 0 aliphatic rings. The highest BCUT2D eigenvalue weighted by atomic mass is 35.5. The van der Waals surface area contributed by atoms with Crippen LogP contribution in [0.4, 0.5) is 5.69 Å². The zero-order valence-corrected chi connectivity index (χ0v) is 17.8. The second-order valence-electron chi connectivity index (χ2n) is 6.88. The van der Waals surface area contributed by atoms with Gasteiger partial charge in [-0.2, -0.15) is 4.80 Å². The average Bonchev–Trinajstić information content (AvgIpc) is 3.15. The lowest BCUT2D eigenvalue weighted by molar-refractivity contribution is 0.102. The van der Waals surface area contributed by atoms with Crippen LogP contribution in [-0.4, -0.2) is 25.9 Å². The fourth-order valence-electron chi connectivity index (χ4n) is 3.07. The number of nitrogens with zero attached hydrogens (tertiary/aromatic N) is 4. The number of pyridine rings is 1. The summed E-state index contributed by atoms with van der Waals surface area (Å²) in [6.45, 7) is 2.18. The minimum Gasteiger partial charge on any atom is -0.320 e. The number of carbonyl (C=O) groups is 1. The molecule has 1 N–H and O–H groups in total. The predicted molar refractivity (Wildman–Crippen MR) is 120 cm³/mol. The third-order valence-corrected chi connectivity index (χ3v) is 5.32. The lowest BCUT2D eigenvalue weighted by Gasteiger charge is -2.07. The molecule has 2 aromatic heterocycles. The number of unbranched alkanes of at least 4 members (excludes halogenated alkanes) is 1. The molecule has 4 rings (SSSR count). The Labute approximate surface area is 183 Å². The zero-order valence-electron chi connectivity index (χ0n) is 16.3. The Morgan fingerprint density at radius 2 is 1.80 bits per heavy atom. The van der Waals surface area contributed by atoms with Gasteiger partial charge >= 0.3 is 0 Å². The van der Waals surface area contributed by atoms with Crippen molar-refractivity contribution in [1.82, 2.24) is 20.0 Å². The molecule has 0 fully saturated rings. The average molecular weight is 440 g/mol. The number of anilines is 1. The van der Waals surface area contributed by atoms with Crippen molar-refractivity contribution in [3.63, 3.8) is 0 Å². The number of nitrogens with one attached hydrogen (secondary N) is 1. The van der Waals surface area contributed by atoms with Gasteiger partial charge in [0.05, 0.1) is 22.0 Å². The van der Waals surface area contributed by atoms with Gasteiger partial charge in [-0.15, -0.1) is 10.2 Å². The molecular formula is C22H19Cl2N5O. The van der Waals surface area contributed by atoms with E-state index in [9.17, 15) is 4.79 Å². The highest BCUT2D eigenvalue weighted by Gasteiger charge is 2.15. The van der Waals surface area contributed by atoms with Gasteiger partial charge in [0.25, 0.3) is 5.91 Å². The Morgan fingerprint density at radius 1 is 1.07 bits per heavy atom. The maximum absolute atomic E-state index is 12.5. The Hall–Kier alpha value is -2.96. The molecule has 0 saturated carbocycles. The van der Waals surface area contributed by atoms with Gasteiger partial charge in [0.1, 0.15) is 16.2 Å². The molecule has 0 aliphatic heterocycles. The smallest absolute Gasteiger partial charge is 0.258 e. The van der Waals surface area contributed by atoms with Crippen molar-refractivity contribution in [3.05, 3.63) is 76.0 Å². The van der Waals surface area contributed by atoms with Crippen molar-refractivity contribution in [2.75, 3.05) is 5.32 Å². The molecule has 1 amide bonds. The summed E-state index contributed by atoms with van der Waals surface area (Å²) < 4.78 is 0. The van der Waals surface area contributed by atoms with E-state index in [0.29, 0.717) is 21.7 Å². The van der Waals surface area contributed by atoms with E-state index in [1.807, 2.05) is 12.1 Å². The highest BCUT2D eigenvalue weighted by Crippen LogP contribution is 2.28. The van der Waals surface area contributed by atoms with Crippen molar-refractivity contribution < 1.29 is 4.79 Å². The quantitative estimate of drug-likeness (QED) is 0.390. The highest BCUT2D eigenvalue weighted by molar-refractivity contribution is 6.35. The first kappa shape index (κ1) is 20.3. The summed E-state index contributed by atoms with van der Waals surface area (Å²) in [5.74, 6) is -0.399. The van der Waals surface area contributed by atoms with Crippen LogP contribution in [0.2, 0.25) is 10.2 Å². The van der Waals surface area contributed by atoms with E-state index in [2.05, 4.69) is 39.6 Å². The monoisotopic (exact) mass is 439 g/mol. The third-order valence-electron chi connectivity index (χ3n) is 4.71. The molecule has 30 heavy (non-hydrogen) atoms. The standard InChI is InChI=1S/C22H19Cl2N5O/c1-2-3-5-14-7-9-15(10-8-14)29-27-19-12-17(23)18(13-20(19)28-29)26-22(30)16-6-4-11-25-21(16)24/h4,6-13H,2-3,5H2,1H3,(H,26,30). The van der Waals surface area contributed by atoms with E-state index >= 15 is 0 Å². The van der Waals surface area contributed by atoms with Gasteiger partial charge in [-0.1, -0.05) is 48.7 Å². The van der Waals surface area contributed by atoms with Crippen LogP contribution in [-0.2, 0) is 6.42 Å². The first-order valence-corrected chi connectivity index (χ1v) is 10.4. The first-order valence-electron chi connectivity index (χ1n) is 9.63. The number of hydrogen-bond acceptors (Lipinski definition) is 4. The van der Waals surface area contributed by atoms with E-state index in [1.165, 1.54) is 24.6 Å². The van der Waals surface area contributed by atoms with Gasteiger partial charge in [-0.25, -0.2) is 4.98 Å². The maximum atomic E-state index is 12.5. The number of halogens is 2. The van der Waals surface area contributed by atoms with Crippen molar-refractivity contribution in [3.8, 4) is 5.69 Å². The predicted octanol–water partition coefficient (Wildman–Crippen LogP) is 5.72. The SMILES string of the molecule is CCCCc1ccc(-n2nc3cc(Cl)c(NC(=O)c4cccnc4Cl)cc3n2)cc1. The molecule has 0 bridgehead atoms. The number of aryl methyl sites for hydroxylation is 1. The largest absolute Gasteiger partial charge is 0.320 e. The molecule has 0 aliphatic carbocycles. The molecule has 2 heterocycles. The van der Waals surface area contributed by atoms with E-state index in [1.54, 1.807) is 29.1 Å².